The summed E-state index contributed by atoms with van der Waals surface area (Å²) in [5, 5.41) is 5.09. The number of fused-ring (bicyclic) bond motifs is 1. The van der Waals surface area contributed by atoms with Crippen LogP contribution in [0.2, 0.25) is 0 Å². The zero-order chi connectivity index (χ0) is 24.9. The molecule has 0 aliphatic heterocycles. The predicted molar refractivity (Wildman–Crippen MR) is 147 cm³/mol. The summed E-state index contributed by atoms with van der Waals surface area (Å²) in [6, 6.07) is 19.0. The van der Waals surface area contributed by atoms with Crippen molar-refractivity contribution in [1.82, 2.24) is 9.66 Å². The van der Waals surface area contributed by atoms with Crippen LogP contribution in [0.1, 0.15) is 43.1 Å². The van der Waals surface area contributed by atoms with Crippen molar-refractivity contribution in [1.29, 1.82) is 0 Å². The van der Waals surface area contributed by atoms with E-state index in [4.69, 9.17) is 14.5 Å². The second-order valence-electron chi connectivity index (χ2n) is 8.10. The van der Waals surface area contributed by atoms with Crippen molar-refractivity contribution in [3.63, 3.8) is 0 Å². The number of methoxy groups -OCH3 is 1. The Morgan fingerprint density at radius 1 is 1.09 bits per heavy atom. The third-order valence-electron chi connectivity index (χ3n) is 5.72. The Labute approximate surface area is 220 Å². The lowest BCUT2D eigenvalue weighted by atomic mass is 10.1. The number of hydrogen-bond acceptors (Lipinski definition) is 5. The van der Waals surface area contributed by atoms with Gasteiger partial charge in [-0.05, 0) is 54.4 Å². The monoisotopic (exact) mass is 597 g/mol. The van der Waals surface area contributed by atoms with E-state index >= 15 is 0 Å². The first kappa shape index (κ1) is 25.1. The van der Waals surface area contributed by atoms with E-state index in [-0.39, 0.29) is 11.5 Å². The lowest BCUT2D eigenvalue weighted by Crippen LogP contribution is -2.23. The highest BCUT2D eigenvalue weighted by molar-refractivity contribution is 9.10. The molecule has 0 aliphatic carbocycles. The first-order valence-corrected chi connectivity index (χ1v) is 12.8. The second-order valence-corrected chi connectivity index (χ2v) is 9.93. The number of aromatic nitrogens is 2. The van der Waals surface area contributed by atoms with E-state index in [0.717, 1.165) is 20.9 Å². The van der Waals surface area contributed by atoms with E-state index in [0.29, 0.717) is 40.4 Å². The van der Waals surface area contributed by atoms with Crippen LogP contribution in [-0.2, 0) is 6.61 Å². The van der Waals surface area contributed by atoms with Crippen molar-refractivity contribution in [3.05, 3.63) is 96.9 Å². The lowest BCUT2D eigenvalue weighted by Gasteiger charge is -2.15. The smallest absolute Gasteiger partial charge is 0.282 e. The summed E-state index contributed by atoms with van der Waals surface area (Å²) >= 11 is 6.90. The number of hydrogen-bond donors (Lipinski definition) is 0. The van der Waals surface area contributed by atoms with Gasteiger partial charge in [-0.25, -0.2) is 4.98 Å². The quantitative estimate of drug-likeness (QED) is 0.207. The van der Waals surface area contributed by atoms with E-state index in [1.165, 1.54) is 4.68 Å². The number of ether oxygens (including phenoxy) is 2. The fourth-order valence-corrected chi connectivity index (χ4v) is 4.21. The molecule has 0 unspecified atom stereocenters. The molecule has 0 bridgehead atoms. The van der Waals surface area contributed by atoms with Crippen LogP contribution in [0.3, 0.4) is 0 Å². The summed E-state index contributed by atoms with van der Waals surface area (Å²) in [5.74, 6) is 1.80. The third-order valence-corrected chi connectivity index (χ3v) is 6.75. The van der Waals surface area contributed by atoms with Gasteiger partial charge in [-0.3, -0.25) is 4.79 Å². The van der Waals surface area contributed by atoms with Gasteiger partial charge in [0.2, 0.25) is 0 Å². The van der Waals surface area contributed by atoms with Gasteiger partial charge in [0, 0.05) is 20.4 Å². The fraction of sp³-hybridized carbons (Fsp3) is 0.222. The van der Waals surface area contributed by atoms with Crippen LogP contribution >= 0.6 is 31.9 Å². The zero-order valence-electron chi connectivity index (χ0n) is 19.7. The van der Waals surface area contributed by atoms with Crippen molar-refractivity contribution in [3.8, 4) is 11.5 Å². The highest BCUT2D eigenvalue weighted by atomic mass is 79.9. The minimum absolute atomic E-state index is 0.0475. The Kier molecular flexibility index (Phi) is 8.03. The second kappa shape index (κ2) is 11.2. The largest absolute Gasteiger partial charge is 0.493 e. The molecular formula is C27H25Br2N3O3. The minimum atomic E-state index is -0.219. The zero-order valence-corrected chi connectivity index (χ0v) is 22.8. The SMILES string of the molecule is CC[C@@H](C)c1nc2ccc(Br)cc2c(=O)n1N=Cc1cccc(OC)c1OCc1ccc(Br)cc1. The van der Waals surface area contributed by atoms with Gasteiger partial charge < -0.3 is 9.47 Å². The highest BCUT2D eigenvalue weighted by Gasteiger charge is 2.16. The molecular weight excluding hydrogens is 574 g/mol. The summed E-state index contributed by atoms with van der Waals surface area (Å²) < 4.78 is 14.9. The number of rotatable bonds is 8. The average molecular weight is 599 g/mol. The molecule has 180 valence electrons. The summed E-state index contributed by atoms with van der Waals surface area (Å²) in [6.45, 7) is 4.46. The fourth-order valence-electron chi connectivity index (χ4n) is 3.58. The van der Waals surface area contributed by atoms with Gasteiger partial charge in [0.15, 0.2) is 11.5 Å². The third kappa shape index (κ3) is 5.65. The molecule has 0 spiro atoms. The van der Waals surface area contributed by atoms with E-state index < -0.39 is 0 Å². The average Bonchev–Trinajstić information content (AvgIpc) is 2.87. The maximum absolute atomic E-state index is 13.4. The van der Waals surface area contributed by atoms with Crippen molar-refractivity contribution in [2.24, 2.45) is 5.10 Å². The molecule has 1 atom stereocenters. The van der Waals surface area contributed by atoms with Crippen LogP contribution in [0, 0.1) is 0 Å². The van der Waals surface area contributed by atoms with E-state index in [1.54, 1.807) is 19.4 Å². The molecule has 0 amide bonds. The van der Waals surface area contributed by atoms with Gasteiger partial charge >= 0.3 is 0 Å². The van der Waals surface area contributed by atoms with Crippen LogP contribution < -0.4 is 15.0 Å². The molecule has 6 nitrogen and oxygen atoms in total. The van der Waals surface area contributed by atoms with E-state index in [9.17, 15) is 4.79 Å². The van der Waals surface area contributed by atoms with Crippen LogP contribution in [-0.4, -0.2) is 23.0 Å². The molecule has 0 fully saturated rings. The Hall–Kier alpha value is -2.97. The van der Waals surface area contributed by atoms with Crippen LogP contribution in [0.5, 0.6) is 11.5 Å². The molecule has 0 N–H and O–H groups in total. The lowest BCUT2D eigenvalue weighted by molar-refractivity contribution is 0.284. The Morgan fingerprint density at radius 3 is 2.54 bits per heavy atom. The summed E-state index contributed by atoms with van der Waals surface area (Å²) in [5.41, 5.74) is 2.14. The maximum atomic E-state index is 13.4. The van der Waals surface area contributed by atoms with E-state index in [1.807, 2.05) is 61.5 Å². The van der Waals surface area contributed by atoms with Gasteiger partial charge in [0.1, 0.15) is 12.4 Å². The van der Waals surface area contributed by atoms with Gasteiger partial charge in [0.05, 0.1) is 24.2 Å². The molecule has 1 heterocycles. The molecule has 0 saturated heterocycles. The Bertz CT molecular complexity index is 1430. The summed E-state index contributed by atoms with van der Waals surface area (Å²) in [7, 11) is 1.60. The van der Waals surface area contributed by atoms with Crippen LogP contribution in [0.4, 0.5) is 0 Å². The summed E-state index contributed by atoms with van der Waals surface area (Å²) in [4.78, 5) is 18.2. The van der Waals surface area contributed by atoms with Gasteiger partial charge in [-0.15, -0.1) is 0 Å². The van der Waals surface area contributed by atoms with E-state index in [2.05, 4.69) is 43.9 Å². The summed E-state index contributed by atoms with van der Waals surface area (Å²) in [6.07, 6.45) is 2.45. The molecule has 4 aromatic rings. The minimum Gasteiger partial charge on any atom is -0.493 e. The van der Waals surface area contributed by atoms with Crippen molar-refractivity contribution >= 4 is 49.0 Å². The number of halogens is 2. The number of para-hydroxylation sites is 1. The molecule has 35 heavy (non-hydrogen) atoms. The molecule has 0 saturated carbocycles. The first-order chi connectivity index (χ1) is 16.9. The predicted octanol–water partition coefficient (Wildman–Crippen LogP) is 6.90. The normalized spacial score (nSPS) is 12.3. The van der Waals surface area contributed by atoms with Gasteiger partial charge in [0.25, 0.3) is 5.56 Å². The standard InChI is InChI=1S/C27H25Br2N3O3/c1-4-17(2)26-31-23-13-12-21(29)14-22(23)27(33)32(26)30-15-19-6-5-7-24(34-3)25(19)35-16-18-8-10-20(28)11-9-18/h5-15,17H,4,16H2,1-3H3/t17-/m1/s1. The molecule has 8 heteroatoms. The van der Waals surface area contributed by atoms with Gasteiger partial charge in [-0.2, -0.15) is 9.78 Å². The Balaban J connectivity index is 1.76. The molecule has 1 aromatic heterocycles. The topological polar surface area (TPSA) is 65.7 Å². The highest BCUT2D eigenvalue weighted by Crippen LogP contribution is 2.31. The molecule has 0 aliphatic rings. The van der Waals surface area contributed by atoms with Gasteiger partial charge in [-0.1, -0.05) is 63.9 Å². The molecule has 0 radical (unpaired) electrons. The van der Waals surface area contributed by atoms with Crippen LogP contribution in [0.15, 0.2) is 79.5 Å². The van der Waals surface area contributed by atoms with Crippen molar-refractivity contribution in [2.45, 2.75) is 32.8 Å². The van der Waals surface area contributed by atoms with Crippen molar-refractivity contribution in [2.75, 3.05) is 7.11 Å². The molecule has 3 aromatic carbocycles. The number of nitrogens with zero attached hydrogens (tertiary/aromatic N) is 3. The maximum Gasteiger partial charge on any atom is 0.282 e. The molecule has 4 rings (SSSR count). The van der Waals surface area contributed by atoms with Crippen molar-refractivity contribution < 1.29 is 9.47 Å². The Morgan fingerprint density at radius 2 is 1.83 bits per heavy atom. The number of benzene rings is 3. The van der Waals surface area contributed by atoms with Crippen LogP contribution in [0.25, 0.3) is 10.9 Å². The first-order valence-electron chi connectivity index (χ1n) is 11.2.